The third-order valence-electron chi connectivity index (χ3n) is 2.73. The molecule has 1 heterocycles. The van der Waals surface area contributed by atoms with Gasteiger partial charge in [0, 0.05) is 20.1 Å². The number of alkyl halides is 3. The molecule has 1 aromatic heterocycles. The Labute approximate surface area is 118 Å². The minimum absolute atomic E-state index is 0.271. The molecule has 1 aromatic rings. The van der Waals surface area contributed by atoms with Crippen LogP contribution in [-0.2, 0) is 6.18 Å². The minimum Gasteiger partial charge on any atom is -0.370 e. The van der Waals surface area contributed by atoms with Crippen molar-refractivity contribution in [3.63, 3.8) is 0 Å². The van der Waals surface area contributed by atoms with Gasteiger partial charge in [-0.3, -0.25) is 0 Å². The van der Waals surface area contributed by atoms with Crippen LogP contribution >= 0.6 is 0 Å². The van der Waals surface area contributed by atoms with Crippen molar-refractivity contribution in [1.29, 1.82) is 0 Å². The van der Waals surface area contributed by atoms with Gasteiger partial charge in [-0.05, 0) is 24.5 Å². The molecule has 0 aliphatic rings. The van der Waals surface area contributed by atoms with Crippen LogP contribution in [0, 0.1) is 5.92 Å². The summed E-state index contributed by atoms with van der Waals surface area (Å²) in [5, 5.41) is 2.92. The average molecular weight is 289 g/mol. The topological polar surface area (TPSA) is 28.2 Å². The van der Waals surface area contributed by atoms with Gasteiger partial charge in [-0.15, -0.1) is 0 Å². The molecule has 1 N–H and O–H groups in total. The molecule has 0 saturated carbocycles. The summed E-state index contributed by atoms with van der Waals surface area (Å²) in [6.45, 7) is 7.23. The van der Waals surface area contributed by atoms with Crippen LogP contribution in [0.2, 0.25) is 0 Å². The lowest BCUT2D eigenvalue weighted by Gasteiger charge is -2.22. The maximum atomic E-state index is 12.9. The maximum Gasteiger partial charge on any atom is 0.416 e. The quantitative estimate of drug-likeness (QED) is 0.857. The zero-order chi connectivity index (χ0) is 15.3. The highest BCUT2D eigenvalue weighted by molar-refractivity contribution is 5.51. The van der Waals surface area contributed by atoms with Gasteiger partial charge >= 0.3 is 6.18 Å². The highest BCUT2D eigenvalue weighted by Crippen LogP contribution is 2.32. The molecule has 6 heteroatoms. The standard InChI is InChI=1S/C14H22F3N3/c1-5-6-18-12-7-11(14(15,16)17)8-13(19-12)20(4)9-10(2)3/h7-8,10H,5-6,9H2,1-4H3,(H,18,19). The predicted molar refractivity (Wildman–Crippen MR) is 76.1 cm³/mol. The van der Waals surface area contributed by atoms with E-state index < -0.39 is 11.7 Å². The maximum absolute atomic E-state index is 12.9. The molecule has 0 aliphatic heterocycles. The summed E-state index contributed by atoms with van der Waals surface area (Å²) in [5.41, 5.74) is -0.670. The van der Waals surface area contributed by atoms with Gasteiger partial charge in [-0.1, -0.05) is 20.8 Å². The molecular weight excluding hydrogens is 267 g/mol. The Kier molecular flexibility index (Phi) is 5.65. The van der Waals surface area contributed by atoms with E-state index in [1.807, 2.05) is 20.8 Å². The first-order chi connectivity index (χ1) is 9.24. The van der Waals surface area contributed by atoms with Crippen LogP contribution in [0.15, 0.2) is 12.1 Å². The molecule has 3 nitrogen and oxygen atoms in total. The molecule has 0 atom stereocenters. The van der Waals surface area contributed by atoms with Gasteiger partial charge in [0.05, 0.1) is 5.56 Å². The lowest BCUT2D eigenvalue weighted by Crippen LogP contribution is -2.24. The lowest BCUT2D eigenvalue weighted by molar-refractivity contribution is -0.137. The molecule has 0 spiro atoms. The van der Waals surface area contributed by atoms with Crippen molar-refractivity contribution in [2.45, 2.75) is 33.4 Å². The highest BCUT2D eigenvalue weighted by atomic mass is 19.4. The number of aromatic nitrogens is 1. The number of halogens is 3. The van der Waals surface area contributed by atoms with Gasteiger partial charge in [-0.25, -0.2) is 4.98 Å². The van der Waals surface area contributed by atoms with Crippen LogP contribution in [0.25, 0.3) is 0 Å². The molecular formula is C14H22F3N3. The van der Waals surface area contributed by atoms with E-state index >= 15 is 0 Å². The van der Waals surface area contributed by atoms with Crippen molar-refractivity contribution >= 4 is 11.6 Å². The summed E-state index contributed by atoms with van der Waals surface area (Å²) in [6.07, 6.45) is -3.53. The number of hydrogen-bond acceptors (Lipinski definition) is 3. The van der Waals surface area contributed by atoms with E-state index in [0.29, 0.717) is 24.8 Å². The second-order valence-electron chi connectivity index (χ2n) is 5.30. The lowest BCUT2D eigenvalue weighted by atomic mass is 10.2. The summed E-state index contributed by atoms with van der Waals surface area (Å²) >= 11 is 0. The van der Waals surface area contributed by atoms with E-state index in [-0.39, 0.29) is 5.82 Å². The summed E-state index contributed by atoms with van der Waals surface area (Å²) in [7, 11) is 1.76. The fourth-order valence-electron chi connectivity index (χ4n) is 1.86. The molecule has 0 radical (unpaired) electrons. The van der Waals surface area contributed by atoms with Gasteiger partial charge in [0.2, 0.25) is 0 Å². The second kappa shape index (κ2) is 6.81. The Morgan fingerprint density at radius 3 is 2.45 bits per heavy atom. The van der Waals surface area contributed by atoms with E-state index in [1.165, 1.54) is 0 Å². The number of nitrogens with zero attached hydrogens (tertiary/aromatic N) is 2. The van der Waals surface area contributed by atoms with Crippen molar-refractivity contribution in [1.82, 2.24) is 4.98 Å². The first-order valence-corrected chi connectivity index (χ1v) is 6.78. The van der Waals surface area contributed by atoms with Crippen LogP contribution < -0.4 is 10.2 Å². The monoisotopic (exact) mass is 289 g/mol. The van der Waals surface area contributed by atoms with Crippen molar-refractivity contribution < 1.29 is 13.2 Å². The van der Waals surface area contributed by atoms with Gasteiger partial charge in [-0.2, -0.15) is 13.2 Å². The van der Waals surface area contributed by atoms with Crippen LogP contribution in [-0.4, -0.2) is 25.1 Å². The molecule has 0 aromatic carbocycles. The number of nitrogens with one attached hydrogen (secondary N) is 1. The molecule has 0 amide bonds. The fourth-order valence-corrected chi connectivity index (χ4v) is 1.86. The van der Waals surface area contributed by atoms with Crippen LogP contribution in [0.1, 0.15) is 32.8 Å². The molecule has 20 heavy (non-hydrogen) atoms. The fraction of sp³-hybridized carbons (Fsp3) is 0.643. The molecule has 114 valence electrons. The van der Waals surface area contributed by atoms with E-state index in [4.69, 9.17) is 0 Å². The number of anilines is 2. The Balaban J connectivity index is 3.09. The van der Waals surface area contributed by atoms with Gasteiger partial charge in [0.15, 0.2) is 0 Å². The Hall–Kier alpha value is -1.46. The molecule has 0 saturated heterocycles. The molecule has 0 bridgehead atoms. The third kappa shape index (κ3) is 4.90. The summed E-state index contributed by atoms with van der Waals surface area (Å²) in [4.78, 5) is 6.00. The van der Waals surface area contributed by atoms with Gasteiger partial charge < -0.3 is 10.2 Å². The average Bonchev–Trinajstić information content (AvgIpc) is 2.34. The van der Waals surface area contributed by atoms with E-state index in [2.05, 4.69) is 10.3 Å². The second-order valence-corrected chi connectivity index (χ2v) is 5.30. The van der Waals surface area contributed by atoms with E-state index in [9.17, 15) is 13.2 Å². The molecule has 1 rings (SSSR count). The zero-order valence-electron chi connectivity index (χ0n) is 12.4. The largest absolute Gasteiger partial charge is 0.416 e. The molecule has 0 unspecified atom stereocenters. The predicted octanol–water partition coefficient (Wildman–Crippen LogP) is 4.01. The van der Waals surface area contributed by atoms with Crippen LogP contribution in [0.5, 0.6) is 0 Å². The van der Waals surface area contributed by atoms with Crippen molar-refractivity contribution in [3.05, 3.63) is 17.7 Å². The van der Waals surface area contributed by atoms with E-state index in [0.717, 1.165) is 18.6 Å². The SMILES string of the molecule is CCCNc1cc(C(F)(F)F)cc(N(C)CC(C)C)n1. The Bertz CT molecular complexity index is 430. The zero-order valence-corrected chi connectivity index (χ0v) is 12.4. The first-order valence-electron chi connectivity index (χ1n) is 6.78. The van der Waals surface area contributed by atoms with Crippen molar-refractivity contribution in [3.8, 4) is 0 Å². The van der Waals surface area contributed by atoms with E-state index in [1.54, 1.807) is 11.9 Å². The number of rotatable bonds is 6. The first kappa shape index (κ1) is 16.6. The number of pyridine rings is 1. The molecule has 0 aliphatic carbocycles. The van der Waals surface area contributed by atoms with Gasteiger partial charge in [0.25, 0.3) is 0 Å². The number of hydrogen-bond donors (Lipinski definition) is 1. The van der Waals surface area contributed by atoms with Crippen molar-refractivity contribution in [2.24, 2.45) is 5.92 Å². The summed E-state index contributed by atoms with van der Waals surface area (Å²) < 4.78 is 38.8. The Morgan fingerprint density at radius 1 is 1.30 bits per heavy atom. The normalized spacial score (nSPS) is 11.8. The Morgan fingerprint density at radius 2 is 1.95 bits per heavy atom. The van der Waals surface area contributed by atoms with Crippen LogP contribution in [0.4, 0.5) is 24.8 Å². The summed E-state index contributed by atoms with van der Waals surface area (Å²) in [5.74, 6) is 0.961. The summed E-state index contributed by atoms with van der Waals surface area (Å²) in [6, 6.07) is 2.15. The minimum atomic E-state index is -4.36. The van der Waals surface area contributed by atoms with Crippen LogP contribution in [0.3, 0.4) is 0 Å². The molecule has 0 fully saturated rings. The highest BCUT2D eigenvalue weighted by Gasteiger charge is 2.32. The van der Waals surface area contributed by atoms with Gasteiger partial charge in [0.1, 0.15) is 11.6 Å². The van der Waals surface area contributed by atoms with Crippen molar-refractivity contribution in [2.75, 3.05) is 30.4 Å². The smallest absolute Gasteiger partial charge is 0.370 e. The third-order valence-corrected chi connectivity index (χ3v) is 2.73.